The van der Waals surface area contributed by atoms with E-state index in [9.17, 15) is 14.4 Å². The van der Waals surface area contributed by atoms with Crippen molar-refractivity contribution in [2.45, 2.75) is 316 Å². The van der Waals surface area contributed by atoms with Gasteiger partial charge >= 0.3 is 17.9 Å². The van der Waals surface area contributed by atoms with E-state index in [-0.39, 0.29) is 37.5 Å². The van der Waals surface area contributed by atoms with Crippen molar-refractivity contribution < 1.29 is 28.6 Å². The molecule has 0 fully saturated rings. The van der Waals surface area contributed by atoms with Crippen LogP contribution in [0.5, 0.6) is 0 Å². The molecule has 0 aliphatic rings. The minimum Gasteiger partial charge on any atom is -0.462 e. The SMILES string of the molecule is CC/C=C\C/C=C\C/C=C\C/C=C\C/C=C\C/C=C\C/C=C\C/C=C\C/C=C\CCCC(=O)OCC(COC(=O)CCCCCCC/C=C\CCC)OC(=O)CCCCCCCCCCCCCCC/C=C\CCCCCCCCCC. The molecule has 0 aromatic heterocycles. The Labute approximate surface area is 506 Å². The van der Waals surface area contributed by atoms with Crippen LogP contribution in [-0.2, 0) is 28.6 Å². The smallest absolute Gasteiger partial charge is 0.306 e. The molecule has 0 N–H and O–H groups in total. The molecule has 0 aliphatic heterocycles. The minimum absolute atomic E-state index is 0.103. The number of esters is 3. The summed E-state index contributed by atoms with van der Waals surface area (Å²) in [6, 6.07) is 0. The van der Waals surface area contributed by atoms with Crippen LogP contribution in [0.2, 0.25) is 0 Å². The van der Waals surface area contributed by atoms with Gasteiger partial charge in [0, 0.05) is 19.3 Å². The third kappa shape index (κ3) is 66.4. The normalized spacial score (nSPS) is 13.0. The molecule has 6 nitrogen and oxygen atoms in total. The highest BCUT2D eigenvalue weighted by atomic mass is 16.6. The molecule has 6 heteroatoms. The van der Waals surface area contributed by atoms with Gasteiger partial charge in [-0.2, -0.15) is 0 Å². The summed E-state index contributed by atoms with van der Waals surface area (Å²) in [6.07, 6.45) is 97.8. The topological polar surface area (TPSA) is 78.9 Å². The number of rotatable bonds is 61. The average molecular weight is 1140 g/mol. The van der Waals surface area contributed by atoms with Crippen LogP contribution in [0, 0.1) is 0 Å². The van der Waals surface area contributed by atoms with E-state index in [0.29, 0.717) is 19.3 Å². The van der Waals surface area contributed by atoms with E-state index >= 15 is 0 Å². The molecule has 0 heterocycles. The van der Waals surface area contributed by atoms with Crippen molar-refractivity contribution in [1.29, 1.82) is 0 Å². The van der Waals surface area contributed by atoms with Crippen molar-refractivity contribution in [3.05, 3.63) is 134 Å². The zero-order valence-electron chi connectivity index (χ0n) is 53.5. The molecule has 82 heavy (non-hydrogen) atoms. The summed E-state index contributed by atoms with van der Waals surface area (Å²) in [4.78, 5) is 38.3. The highest BCUT2D eigenvalue weighted by molar-refractivity contribution is 5.71. The number of hydrogen-bond acceptors (Lipinski definition) is 6. The van der Waals surface area contributed by atoms with Gasteiger partial charge in [0.25, 0.3) is 0 Å². The second-order valence-electron chi connectivity index (χ2n) is 22.3. The van der Waals surface area contributed by atoms with Crippen LogP contribution in [0.25, 0.3) is 0 Å². The summed E-state index contributed by atoms with van der Waals surface area (Å²) in [7, 11) is 0. The van der Waals surface area contributed by atoms with Crippen molar-refractivity contribution in [2.75, 3.05) is 13.2 Å². The van der Waals surface area contributed by atoms with Gasteiger partial charge < -0.3 is 14.2 Å². The number of ether oxygens (including phenoxy) is 3. The maximum atomic E-state index is 12.9. The van der Waals surface area contributed by atoms with E-state index in [1.807, 2.05) is 0 Å². The highest BCUT2D eigenvalue weighted by Gasteiger charge is 2.19. The fraction of sp³-hybridized carbons (Fsp3) is 0.671. The quantitative estimate of drug-likeness (QED) is 0.0261. The van der Waals surface area contributed by atoms with Gasteiger partial charge in [-0.3, -0.25) is 14.4 Å². The third-order valence-electron chi connectivity index (χ3n) is 14.3. The van der Waals surface area contributed by atoms with Crippen LogP contribution in [0.1, 0.15) is 310 Å². The summed E-state index contributed by atoms with van der Waals surface area (Å²) in [5, 5.41) is 0. The van der Waals surface area contributed by atoms with Gasteiger partial charge in [0.1, 0.15) is 13.2 Å². The summed E-state index contributed by atoms with van der Waals surface area (Å²) in [5.41, 5.74) is 0. The summed E-state index contributed by atoms with van der Waals surface area (Å²) in [6.45, 7) is 6.43. The van der Waals surface area contributed by atoms with Gasteiger partial charge in [-0.25, -0.2) is 0 Å². The fourth-order valence-corrected chi connectivity index (χ4v) is 9.27. The van der Waals surface area contributed by atoms with Crippen molar-refractivity contribution in [2.24, 2.45) is 0 Å². The molecule has 0 rings (SSSR count). The molecular formula is C76H126O6. The molecule has 0 amide bonds. The monoisotopic (exact) mass is 1130 g/mol. The molecule has 466 valence electrons. The number of unbranched alkanes of at least 4 members (excludes halogenated alkanes) is 28. The van der Waals surface area contributed by atoms with Crippen molar-refractivity contribution in [3.8, 4) is 0 Å². The Morgan fingerprint density at radius 1 is 0.256 bits per heavy atom. The summed E-state index contributed by atoms with van der Waals surface area (Å²) in [5.74, 6) is -0.971. The van der Waals surface area contributed by atoms with E-state index in [4.69, 9.17) is 14.2 Å². The second kappa shape index (κ2) is 69.0. The van der Waals surface area contributed by atoms with Crippen molar-refractivity contribution in [3.63, 3.8) is 0 Å². The van der Waals surface area contributed by atoms with Crippen LogP contribution < -0.4 is 0 Å². The Bertz CT molecular complexity index is 1730. The van der Waals surface area contributed by atoms with E-state index in [2.05, 4.69) is 154 Å². The zero-order chi connectivity index (χ0) is 59.2. The second-order valence-corrected chi connectivity index (χ2v) is 22.3. The van der Waals surface area contributed by atoms with Gasteiger partial charge in [-0.1, -0.05) is 296 Å². The predicted molar refractivity (Wildman–Crippen MR) is 357 cm³/mol. The van der Waals surface area contributed by atoms with Gasteiger partial charge in [-0.15, -0.1) is 0 Å². The first-order chi connectivity index (χ1) is 40.5. The Kier molecular flexibility index (Phi) is 65.3. The lowest BCUT2D eigenvalue weighted by Gasteiger charge is -2.18. The fourth-order valence-electron chi connectivity index (χ4n) is 9.27. The molecule has 0 saturated carbocycles. The van der Waals surface area contributed by atoms with Gasteiger partial charge in [0.2, 0.25) is 0 Å². The predicted octanol–water partition coefficient (Wildman–Crippen LogP) is 23.7. The van der Waals surface area contributed by atoms with Crippen LogP contribution >= 0.6 is 0 Å². The molecule has 1 unspecified atom stereocenters. The van der Waals surface area contributed by atoms with E-state index in [1.54, 1.807) is 0 Å². The van der Waals surface area contributed by atoms with Crippen LogP contribution in [-0.4, -0.2) is 37.2 Å². The molecule has 0 aromatic carbocycles. The van der Waals surface area contributed by atoms with E-state index in [0.717, 1.165) is 122 Å². The molecule has 0 bridgehead atoms. The number of allylic oxidation sites excluding steroid dienone is 22. The van der Waals surface area contributed by atoms with Gasteiger partial charge in [-0.05, 0) is 128 Å². The first-order valence-corrected chi connectivity index (χ1v) is 34.2. The highest BCUT2D eigenvalue weighted by Crippen LogP contribution is 2.16. The summed E-state index contributed by atoms with van der Waals surface area (Å²) < 4.78 is 16.9. The Morgan fingerprint density at radius 2 is 0.512 bits per heavy atom. The molecule has 0 spiro atoms. The van der Waals surface area contributed by atoms with E-state index in [1.165, 1.54) is 141 Å². The molecule has 0 radical (unpaired) electrons. The van der Waals surface area contributed by atoms with Crippen molar-refractivity contribution in [1.82, 2.24) is 0 Å². The maximum absolute atomic E-state index is 12.9. The average Bonchev–Trinajstić information content (AvgIpc) is 3.48. The lowest BCUT2D eigenvalue weighted by Crippen LogP contribution is -2.30. The Hall–Kier alpha value is -4.45. The first kappa shape index (κ1) is 77.5. The van der Waals surface area contributed by atoms with Crippen LogP contribution in [0.3, 0.4) is 0 Å². The molecule has 1 atom stereocenters. The first-order valence-electron chi connectivity index (χ1n) is 34.2. The number of carbonyl (C=O) groups is 3. The number of hydrogen-bond donors (Lipinski definition) is 0. The van der Waals surface area contributed by atoms with Crippen molar-refractivity contribution >= 4 is 17.9 Å². The Balaban J connectivity index is 4.34. The standard InChI is InChI=1S/C76H126O6/c1-4-7-10-13-16-19-22-24-26-28-30-32-34-36-37-38-39-41-42-44-46-48-50-52-54-57-60-63-66-69-75(78)81-72-73(71-80-74(77)68-65-62-59-56-21-18-15-12-9-6-3)82-76(79)70-67-64-61-58-55-53-51-49-47-45-43-40-35-33-31-29-27-25-23-20-17-14-11-8-5-2/h7,10,12,15-16,19,24,26,29-32,36-37,39,41,44,46,50,52,57,60,73H,4-6,8-9,11,13-14,17-18,20-23,25,27-28,33-35,38,40,42-43,45,47-49,51,53-56,58-59,61-72H2,1-3H3/b10-7-,15-12-,19-16-,26-24-,31-29-,32-30-,37-36-,41-39-,46-44-,52-50-,60-57-. The third-order valence-corrected chi connectivity index (χ3v) is 14.3. The largest absolute Gasteiger partial charge is 0.462 e. The Morgan fingerprint density at radius 3 is 0.854 bits per heavy atom. The molecular weight excluding hydrogens is 1010 g/mol. The van der Waals surface area contributed by atoms with E-state index < -0.39 is 6.10 Å². The maximum Gasteiger partial charge on any atom is 0.306 e. The molecule has 0 aromatic rings. The van der Waals surface area contributed by atoms with Gasteiger partial charge in [0.05, 0.1) is 0 Å². The van der Waals surface area contributed by atoms with Crippen LogP contribution in [0.15, 0.2) is 134 Å². The summed E-state index contributed by atoms with van der Waals surface area (Å²) >= 11 is 0. The lowest BCUT2D eigenvalue weighted by molar-refractivity contribution is -0.167. The zero-order valence-corrected chi connectivity index (χ0v) is 53.5. The lowest BCUT2D eigenvalue weighted by atomic mass is 10.0. The van der Waals surface area contributed by atoms with Crippen LogP contribution in [0.4, 0.5) is 0 Å². The molecule has 0 aliphatic carbocycles. The van der Waals surface area contributed by atoms with Gasteiger partial charge in [0.15, 0.2) is 6.10 Å². The number of carbonyl (C=O) groups excluding carboxylic acids is 3. The minimum atomic E-state index is -0.810. The molecule has 0 saturated heterocycles.